The lowest BCUT2D eigenvalue weighted by molar-refractivity contribution is -0.118. The molecule has 3 nitrogen and oxygen atoms in total. The highest BCUT2D eigenvalue weighted by atomic mass is 32.2. The molecule has 0 aliphatic carbocycles. The van der Waals surface area contributed by atoms with Gasteiger partial charge >= 0.3 is 0 Å². The molecule has 4 heteroatoms. The van der Waals surface area contributed by atoms with Gasteiger partial charge in [-0.2, -0.15) is 5.10 Å². The van der Waals surface area contributed by atoms with Gasteiger partial charge < -0.3 is 0 Å². The molecule has 0 spiro atoms. The van der Waals surface area contributed by atoms with Crippen molar-refractivity contribution in [1.29, 1.82) is 0 Å². The lowest BCUT2D eigenvalue weighted by Crippen LogP contribution is -2.21. The fourth-order valence-electron chi connectivity index (χ4n) is 1.95. The van der Waals surface area contributed by atoms with E-state index in [1.165, 1.54) is 11.1 Å². The fraction of sp³-hybridized carbons (Fsp3) is 0.222. The fourth-order valence-corrected chi connectivity index (χ4v) is 2.84. The highest BCUT2D eigenvalue weighted by Gasteiger charge is 2.03. The standard InChI is InChI=1S/C18H20N2OS/c1-14-8-6-7-11-17(14)12-22-13-18(21)20-19-15(2)16-9-4-3-5-10-16/h3-11H,12-13H2,1-2H3,(H,20,21)/b19-15-. The average Bonchev–Trinajstić information content (AvgIpc) is 2.55. The van der Waals surface area contributed by atoms with Gasteiger partial charge in [-0.1, -0.05) is 54.6 Å². The van der Waals surface area contributed by atoms with Gasteiger partial charge in [0.05, 0.1) is 11.5 Å². The van der Waals surface area contributed by atoms with Gasteiger partial charge in [0.2, 0.25) is 5.91 Å². The van der Waals surface area contributed by atoms with Crippen LogP contribution in [0, 0.1) is 6.92 Å². The van der Waals surface area contributed by atoms with Crippen molar-refractivity contribution >= 4 is 23.4 Å². The van der Waals surface area contributed by atoms with E-state index in [2.05, 4.69) is 29.6 Å². The number of aryl methyl sites for hydroxylation is 1. The minimum absolute atomic E-state index is 0.0751. The second-order valence-electron chi connectivity index (χ2n) is 5.02. The van der Waals surface area contributed by atoms with Crippen molar-refractivity contribution in [3.05, 3.63) is 71.3 Å². The molecular weight excluding hydrogens is 292 g/mol. The van der Waals surface area contributed by atoms with E-state index in [1.807, 2.05) is 49.4 Å². The van der Waals surface area contributed by atoms with Crippen LogP contribution in [0.1, 0.15) is 23.6 Å². The minimum Gasteiger partial charge on any atom is -0.272 e. The summed E-state index contributed by atoms with van der Waals surface area (Å²) in [5.41, 5.74) is 6.95. The van der Waals surface area contributed by atoms with Crippen LogP contribution in [-0.4, -0.2) is 17.4 Å². The van der Waals surface area contributed by atoms with Crippen molar-refractivity contribution in [2.45, 2.75) is 19.6 Å². The summed E-state index contributed by atoms with van der Waals surface area (Å²) in [6, 6.07) is 18.0. The summed E-state index contributed by atoms with van der Waals surface area (Å²) in [6.07, 6.45) is 0. The molecule has 0 unspecified atom stereocenters. The van der Waals surface area contributed by atoms with E-state index in [0.717, 1.165) is 17.0 Å². The van der Waals surface area contributed by atoms with E-state index < -0.39 is 0 Å². The quantitative estimate of drug-likeness (QED) is 0.651. The summed E-state index contributed by atoms with van der Waals surface area (Å²) < 4.78 is 0. The number of carbonyl (C=O) groups is 1. The Morgan fingerprint density at radius 1 is 1.09 bits per heavy atom. The van der Waals surface area contributed by atoms with Crippen LogP contribution in [0.3, 0.4) is 0 Å². The Kier molecular flexibility index (Phi) is 6.22. The summed E-state index contributed by atoms with van der Waals surface area (Å²) in [4.78, 5) is 11.8. The molecule has 0 radical (unpaired) electrons. The molecule has 0 atom stereocenters. The Labute approximate surface area is 135 Å². The first kappa shape index (κ1) is 16.3. The number of hydrogen-bond acceptors (Lipinski definition) is 3. The number of rotatable bonds is 6. The number of amides is 1. The zero-order chi connectivity index (χ0) is 15.8. The third-order valence-electron chi connectivity index (χ3n) is 3.29. The van der Waals surface area contributed by atoms with Crippen LogP contribution < -0.4 is 5.43 Å². The van der Waals surface area contributed by atoms with Gasteiger partial charge in [-0.3, -0.25) is 4.79 Å². The second kappa shape index (κ2) is 8.39. The molecule has 114 valence electrons. The van der Waals surface area contributed by atoms with Gasteiger partial charge in [0.25, 0.3) is 0 Å². The van der Waals surface area contributed by atoms with E-state index in [9.17, 15) is 4.79 Å². The maximum atomic E-state index is 11.8. The zero-order valence-corrected chi connectivity index (χ0v) is 13.7. The molecular formula is C18H20N2OS. The highest BCUT2D eigenvalue weighted by molar-refractivity contribution is 7.99. The van der Waals surface area contributed by atoms with Crippen molar-refractivity contribution in [3.63, 3.8) is 0 Å². The first-order chi connectivity index (χ1) is 10.7. The summed E-state index contributed by atoms with van der Waals surface area (Å²) in [7, 11) is 0. The summed E-state index contributed by atoms with van der Waals surface area (Å²) >= 11 is 1.59. The van der Waals surface area contributed by atoms with Gasteiger partial charge in [0, 0.05) is 5.75 Å². The predicted octanol–water partition coefficient (Wildman–Crippen LogP) is 3.77. The Morgan fingerprint density at radius 2 is 1.77 bits per heavy atom. The molecule has 2 rings (SSSR count). The molecule has 1 N–H and O–H groups in total. The molecule has 0 aliphatic rings. The number of benzene rings is 2. The lowest BCUT2D eigenvalue weighted by atomic mass is 10.1. The van der Waals surface area contributed by atoms with E-state index >= 15 is 0 Å². The minimum atomic E-state index is -0.0751. The van der Waals surface area contributed by atoms with E-state index in [4.69, 9.17) is 0 Å². The molecule has 0 aliphatic heterocycles. The van der Waals surface area contributed by atoms with Crippen LogP contribution in [0.4, 0.5) is 0 Å². The van der Waals surface area contributed by atoms with Gasteiger partial charge in [-0.05, 0) is 30.5 Å². The molecule has 0 fully saturated rings. The monoisotopic (exact) mass is 312 g/mol. The number of carbonyl (C=O) groups excluding carboxylic acids is 1. The predicted molar refractivity (Wildman–Crippen MR) is 94.1 cm³/mol. The first-order valence-corrected chi connectivity index (χ1v) is 8.33. The van der Waals surface area contributed by atoms with Gasteiger partial charge in [0.15, 0.2) is 0 Å². The summed E-state index contributed by atoms with van der Waals surface area (Å²) in [5.74, 6) is 1.16. The Bertz CT molecular complexity index is 653. The van der Waals surface area contributed by atoms with E-state index in [1.54, 1.807) is 11.8 Å². The molecule has 0 aromatic heterocycles. The lowest BCUT2D eigenvalue weighted by Gasteiger charge is -2.05. The number of hydrogen-bond donors (Lipinski definition) is 1. The maximum absolute atomic E-state index is 11.8. The van der Waals surface area contributed by atoms with Crippen molar-refractivity contribution in [2.75, 3.05) is 5.75 Å². The van der Waals surface area contributed by atoms with Crippen LogP contribution in [0.25, 0.3) is 0 Å². The summed E-state index contributed by atoms with van der Waals surface area (Å²) in [6.45, 7) is 3.97. The van der Waals surface area contributed by atoms with Gasteiger partial charge in [-0.15, -0.1) is 11.8 Å². The molecule has 0 saturated carbocycles. The molecule has 22 heavy (non-hydrogen) atoms. The van der Waals surface area contributed by atoms with Crippen LogP contribution in [0.15, 0.2) is 59.7 Å². The molecule has 2 aromatic rings. The number of nitrogens with zero attached hydrogens (tertiary/aromatic N) is 1. The van der Waals surface area contributed by atoms with Crippen molar-refractivity contribution < 1.29 is 4.79 Å². The van der Waals surface area contributed by atoms with Crippen LogP contribution in [0.5, 0.6) is 0 Å². The maximum Gasteiger partial charge on any atom is 0.250 e. The third kappa shape index (κ3) is 5.04. The molecule has 1 amide bonds. The summed E-state index contributed by atoms with van der Waals surface area (Å²) in [5, 5.41) is 4.14. The van der Waals surface area contributed by atoms with E-state index in [0.29, 0.717) is 5.75 Å². The molecule has 0 heterocycles. The molecule has 2 aromatic carbocycles. The Morgan fingerprint density at radius 3 is 2.50 bits per heavy atom. The number of nitrogens with one attached hydrogen (secondary N) is 1. The first-order valence-electron chi connectivity index (χ1n) is 7.17. The third-order valence-corrected chi connectivity index (χ3v) is 4.27. The van der Waals surface area contributed by atoms with Crippen molar-refractivity contribution in [2.24, 2.45) is 5.10 Å². The van der Waals surface area contributed by atoms with Crippen LogP contribution >= 0.6 is 11.8 Å². The number of hydrazone groups is 1. The molecule has 0 bridgehead atoms. The van der Waals surface area contributed by atoms with Crippen molar-refractivity contribution in [1.82, 2.24) is 5.43 Å². The topological polar surface area (TPSA) is 41.5 Å². The Balaban J connectivity index is 1.78. The SMILES string of the molecule is C/C(=N/NC(=O)CSCc1ccccc1C)c1ccccc1. The Hall–Kier alpha value is -2.07. The van der Waals surface area contributed by atoms with Crippen LogP contribution in [-0.2, 0) is 10.5 Å². The smallest absolute Gasteiger partial charge is 0.250 e. The normalized spacial score (nSPS) is 11.3. The average molecular weight is 312 g/mol. The number of thioether (sulfide) groups is 1. The zero-order valence-electron chi connectivity index (χ0n) is 12.9. The second-order valence-corrected chi connectivity index (χ2v) is 6.00. The highest BCUT2D eigenvalue weighted by Crippen LogP contribution is 2.15. The van der Waals surface area contributed by atoms with Gasteiger partial charge in [0.1, 0.15) is 0 Å². The molecule has 0 saturated heterocycles. The van der Waals surface area contributed by atoms with Crippen LogP contribution in [0.2, 0.25) is 0 Å². The van der Waals surface area contributed by atoms with Crippen molar-refractivity contribution in [3.8, 4) is 0 Å². The van der Waals surface area contributed by atoms with Gasteiger partial charge in [-0.25, -0.2) is 5.43 Å². The largest absolute Gasteiger partial charge is 0.272 e. The van der Waals surface area contributed by atoms with E-state index in [-0.39, 0.29) is 5.91 Å².